The van der Waals surface area contributed by atoms with Crippen LogP contribution < -0.4 is 5.73 Å². The van der Waals surface area contributed by atoms with Gasteiger partial charge in [0.05, 0.1) is 0 Å². The minimum absolute atomic E-state index is 0.503. The molecule has 0 spiro atoms. The lowest BCUT2D eigenvalue weighted by molar-refractivity contribution is 0.590. The summed E-state index contributed by atoms with van der Waals surface area (Å²) < 4.78 is 2.23. The van der Waals surface area contributed by atoms with Crippen LogP contribution >= 0.6 is 11.8 Å². The van der Waals surface area contributed by atoms with Crippen LogP contribution in [0.2, 0.25) is 0 Å². The van der Waals surface area contributed by atoms with Gasteiger partial charge in [0.15, 0.2) is 5.16 Å². The third-order valence-electron chi connectivity index (χ3n) is 3.95. The molecule has 0 amide bonds. The third-order valence-corrected chi connectivity index (χ3v) is 4.86. The molecule has 6 nitrogen and oxygen atoms in total. The molecule has 0 unspecified atom stereocenters. The summed E-state index contributed by atoms with van der Waals surface area (Å²) in [6, 6.07) is 1.83. The molecule has 21 heavy (non-hydrogen) atoms. The Kier molecular flexibility index (Phi) is 3.29. The molecule has 7 heteroatoms. The van der Waals surface area contributed by atoms with Crippen molar-refractivity contribution in [1.82, 2.24) is 24.7 Å². The second-order valence-corrected chi connectivity index (χ2v) is 6.71. The number of nitrogens with two attached hydrogens (primary N) is 1. The van der Waals surface area contributed by atoms with E-state index in [2.05, 4.69) is 24.7 Å². The quantitative estimate of drug-likeness (QED) is 0.877. The Hall–Kier alpha value is -1.63. The van der Waals surface area contributed by atoms with Crippen LogP contribution in [0.1, 0.15) is 49.7 Å². The van der Waals surface area contributed by atoms with Crippen LogP contribution in [0.4, 0.5) is 5.82 Å². The highest BCUT2D eigenvalue weighted by atomic mass is 32.2. The first kappa shape index (κ1) is 13.1. The lowest BCUT2D eigenvalue weighted by Gasteiger charge is -2.07. The van der Waals surface area contributed by atoms with Gasteiger partial charge >= 0.3 is 0 Å². The molecule has 4 rings (SSSR count). The molecule has 0 radical (unpaired) electrons. The Morgan fingerprint density at radius 2 is 2.05 bits per heavy atom. The molecule has 1 fully saturated rings. The standard InChI is InChI=1S/C14H18N6S/c15-10-8-12(17-13(16-10)9-5-6-9)21-14-19-18-11-4-2-1-3-7-20(11)14/h8-9H,1-7H2,(H2,15,16,17). The predicted molar refractivity (Wildman–Crippen MR) is 80.1 cm³/mol. The molecular formula is C14H18N6S. The Morgan fingerprint density at radius 1 is 1.14 bits per heavy atom. The summed E-state index contributed by atoms with van der Waals surface area (Å²) in [4.78, 5) is 8.97. The number of aromatic nitrogens is 5. The number of nitrogen functional groups attached to an aromatic ring is 1. The van der Waals surface area contributed by atoms with E-state index in [1.54, 1.807) is 11.8 Å². The second kappa shape index (κ2) is 5.29. The van der Waals surface area contributed by atoms with Gasteiger partial charge in [0, 0.05) is 24.9 Å². The van der Waals surface area contributed by atoms with Crippen molar-refractivity contribution in [3.8, 4) is 0 Å². The van der Waals surface area contributed by atoms with E-state index < -0.39 is 0 Å². The first-order valence-corrected chi connectivity index (χ1v) is 8.35. The smallest absolute Gasteiger partial charge is 0.197 e. The third kappa shape index (κ3) is 2.74. The highest BCUT2D eigenvalue weighted by molar-refractivity contribution is 7.99. The predicted octanol–water partition coefficient (Wildman–Crippen LogP) is 2.41. The Bertz CT molecular complexity index is 663. The van der Waals surface area contributed by atoms with Gasteiger partial charge in [-0.2, -0.15) is 0 Å². The van der Waals surface area contributed by atoms with E-state index in [4.69, 9.17) is 5.73 Å². The van der Waals surface area contributed by atoms with Crippen LogP contribution in [0.15, 0.2) is 16.2 Å². The van der Waals surface area contributed by atoms with Gasteiger partial charge in [-0.05, 0) is 37.4 Å². The lowest BCUT2D eigenvalue weighted by atomic mass is 10.2. The fourth-order valence-corrected chi connectivity index (χ4v) is 3.56. The van der Waals surface area contributed by atoms with Crippen molar-refractivity contribution in [2.75, 3.05) is 5.73 Å². The van der Waals surface area contributed by atoms with Gasteiger partial charge in [-0.15, -0.1) is 10.2 Å². The van der Waals surface area contributed by atoms with Crippen molar-refractivity contribution in [3.05, 3.63) is 17.7 Å². The largest absolute Gasteiger partial charge is 0.384 e. The van der Waals surface area contributed by atoms with E-state index >= 15 is 0 Å². The normalized spacial score (nSPS) is 18.3. The molecule has 2 aliphatic rings. The molecular weight excluding hydrogens is 284 g/mol. The van der Waals surface area contributed by atoms with Gasteiger partial charge in [-0.25, -0.2) is 9.97 Å². The fourth-order valence-electron chi connectivity index (χ4n) is 2.66. The molecule has 0 bridgehead atoms. The highest BCUT2D eigenvalue weighted by Crippen LogP contribution is 2.39. The first-order valence-electron chi connectivity index (χ1n) is 7.54. The summed E-state index contributed by atoms with van der Waals surface area (Å²) in [5, 5.41) is 10.5. The van der Waals surface area contributed by atoms with Crippen LogP contribution in [0, 0.1) is 0 Å². The van der Waals surface area contributed by atoms with Crippen molar-refractivity contribution in [1.29, 1.82) is 0 Å². The van der Waals surface area contributed by atoms with Crippen molar-refractivity contribution >= 4 is 17.6 Å². The molecule has 110 valence electrons. The Morgan fingerprint density at radius 3 is 2.90 bits per heavy atom. The summed E-state index contributed by atoms with van der Waals surface area (Å²) in [5.41, 5.74) is 5.91. The van der Waals surface area contributed by atoms with Gasteiger partial charge in [0.2, 0.25) is 0 Å². The van der Waals surface area contributed by atoms with E-state index in [-0.39, 0.29) is 0 Å². The zero-order valence-corrected chi connectivity index (χ0v) is 12.6. The van der Waals surface area contributed by atoms with E-state index in [1.165, 1.54) is 32.1 Å². The summed E-state index contributed by atoms with van der Waals surface area (Å²) in [6.07, 6.45) is 7.03. The molecule has 1 aliphatic heterocycles. The number of rotatable bonds is 3. The average molecular weight is 302 g/mol. The summed E-state index contributed by atoms with van der Waals surface area (Å²) in [5.74, 6) is 3.03. The molecule has 0 saturated heterocycles. The van der Waals surface area contributed by atoms with Gasteiger partial charge < -0.3 is 10.3 Å². The Balaban J connectivity index is 1.62. The number of nitrogens with zero attached hydrogens (tertiary/aromatic N) is 5. The maximum absolute atomic E-state index is 5.91. The topological polar surface area (TPSA) is 82.5 Å². The zero-order valence-electron chi connectivity index (χ0n) is 11.8. The fraction of sp³-hybridized carbons (Fsp3) is 0.571. The second-order valence-electron chi connectivity index (χ2n) is 5.73. The van der Waals surface area contributed by atoms with Gasteiger partial charge in [0.25, 0.3) is 0 Å². The Labute approximate surface area is 127 Å². The molecule has 1 aliphatic carbocycles. The zero-order chi connectivity index (χ0) is 14.2. The molecule has 0 aromatic carbocycles. The highest BCUT2D eigenvalue weighted by Gasteiger charge is 2.27. The van der Waals surface area contributed by atoms with E-state index in [9.17, 15) is 0 Å². The lowest BCUT2D eigenvalue weighted by Crippen LogP contribution is -2.03. The maximum Gasteiger partial charge on any atom is 0.197 e. The van der Waals surface area contributed by atoms with Crippen LogP contribution in [-0.4, -0.2) is 24.7 Å². The number of fused-ring (bicyclic) bond motifs is 1. The van der Waals surface area contributed by atoms with Crippen molar-refractivity contribution in [2.24, 2.45) is 0 Å². The number of hydrogen-bond donors (Lipinski definition) is 1. The van der Waals surface area contributed by atoms with E-state index in [0.29, 0.717) is 11.7 Å². The van der Waals surface area contributed by atoms with Crippen LogP contribution in [0.3, 0.4) is 0 Å². The summed E-state index contributed by atoms with van der Waals surface area (Å²) in [6.45, 7) is 1.00. The van der Waals surface area contributed by atoms with E-state index in [0.717, 1.165) is 34.8 Å². The molecule has 1 saturated carbocycles. The van der Waals surface area contributed by atoms with Gasteiger partial charge in [-0.1, -0.05) is 6.42 Å². The minimum Gasteiger partial charge on any atom is -0.384 e. The van der Waals surface area contributed by atoms with Gasteiger partial charge in [-0.3, -0.25) is 0 Å². The van der Waals surface area contributed by atoms with Crippen LogP contribution in [0.5, 0.6) is 0 Å². The van der Waals surface area contributed by atoms with Crippen molar-refractivity contribution < 1.29 is 0 Å². The summed E-state index contributed by atoms with van der Waals surface area (Å²) in [7, 11) is 0. The van der Waals surface area contributed by atoms with Crippen molar-refractivity contribution in [2.45, 2.75) is 61.2 Å². The maximum atomic E-state index is 5.91. The molecule has 2 N–H and O–H groups in total. The SMILES string of the molecule is Nc1cc(Sc2nnc3n2CCCCC3)nc(C2CC2)n1. The van der Waals surface area contributed by atoms with Crippen LogP contribution in [0.25, 0.3) is 0 Å². The first-order chi connectivity index (χ1) is 10.3. The average Bonchev–Trinajstić information content (AvgIpc) is 3.27. The number of anilines is 1. The van der Waals surface area contributed by atoms with Crippen molar-refractivity contribution in [3.63, 3.8) is 0 Å². The van der Waals surface area contributed by atoms with Crippen LogP contribution in [-0.2, 0) is 13.0 Å². The molecule has 2 aromatic rings. The van der Waals surface area contributed by atoms with E-state index in [1.807, 2.05) is 6.07 Å². The monoisotopic (exact) mass is 302 g/mol. The number of aryl methyl sites for hydroxylation is 1. The van der Waals surface area contributed by atoms with Gasteiger partial charge in [0.1, 0.15) is 22.5 Å². The molecule has 2 aromatic heterocycles. The molecule has 3 heterocycles. The summed E-state index contributed by atoms with van der Waals surface area (Å²) >= 11 is 1.55. The number of hydrogen-bond acceptors (Lipinski definition) is 6. The molecule has 0 atom stereocenters. The minimum atomic E-state index is 0.503.